The molecule has 37 heavy (non-hydrogen) atoms. The van der Waals surface area contributed by atoms with Crippen LogP contribution in [0.15, 0.2) is 84.2 Å². The molecule has 0 saturated heterocycles. The number of hydrogen-bond acceptors (Lipinski definition) is 4. The SMILES string of the molecule is CC=O.CCc1ccc(C(F)(F)F)cc1.CN=c1c(-c2cccnc2)c(-c2ccc(Cl)cc2)cnn1C. The van der Waals surface area contributed by atoms with Crippen LogP contribution in [0.1, 0.15) is 25.0 Å². The van der Waals surface area contributed by atoms with E-state index in [9.17, 15) is 13.2 Å². The fourth-order valence-electron chi connectivity index (χ4n) is 3.38. The summed E-state index contributed by atoms with van der Waals surface area (Å²) in [5, 5.41) is 5.11. The molecule has 2 aromatic heterocycles. The van der Waals surface area contributed by atoms with Gasteiger partial charge in [0.15, 0.2) is 5.49 Å². The molecule has 194 valence electrons. The number of carbonyl (C=O) groups is 1. The number of benzene rings is 2. The topological polar surface area (TPSA) is 60.1 Å². The second-order valence-electron chi connectivity index (χ2n) is 7.64. The van der Waals surface area contributed by atoms with Crippen LogP contribution in [0.3, 0.4) is 0 Å². The zero-order chi connectivity index (χ0) is 27.4. The van der Waals surface area contributed by atoms with E-state index in [1.165, 1.54) is 19.1 Å². The van der Waals surface area contributed by atoms with Crippen LogP contribution in [0, 0.1) is 0 Å². The smallest absolute Gasteiger partial charge is 0.304 e. The first kappa shape index (κ1) is 29.5. The number of nitrogens with zero attached hydrogens (tertiary/aromatic N) is 4. The molecule has 0 bridgehead atoms. The third kappa shape index (κ3) is 8.39. The van der Waals surface area contributed by atoms with Gasteiger partial charge in [-0.1, -0.05) is 48.9 Å². The molecule has 0 spiro atoms. The van der Waals surface area contributed by atoms with Gasteiger partial charge >= 0.3 is 6.18 Å². The van der Waals surface area contributed by atoms with Crippen LogP contribution in [0.25, 0.3) is 22.3 Å². The number of aldehydes is 1. The van der Waals surface area contributed by atoms with Crippen molar-refractivity contribution in [1.29, 1.82) is 0 Å². The molecule has 0 N–H and O–H groups in total. The fraction of sp³-hybridized carbons (Fsp3) is 0.214. The second-order valence-corrected chi connectivity index (χ2v) is 8.07. The van der Waals surface area contributed by atoms with Crippen molar-refractivity contribution < 1.29 is 18.0 Å². The van der Waals surface area contributed by atoms with Crippen molar-refractivity contribution in [2.45, 2.75) is 26.4 Å². The van der Waals surface area contributed by atoms with Gasteiger partial charge in [0.1, 0.15) is 6.29 Å². The number of hydrogen-bond donors (Lipinski definition) is 0. The van der Waals surface area contributed by atoms with Crippen molar-refractivity contribution in [1.82, 2.24) is 14.8 Å². The zero-order valence-corrected chi connectivity index (χ0v) is 21.8. The monoisotopic (exact) mass is 528 g/mol. The van der Waals surface area contributed by atoms with E-state index in [1.54, 1.807) is 17.9 Å². The van der Waals surface area contributed by atoms with E-state index >= 15 is 0 Å². The highest BCUT2D eigenvalue weighted by Gasteiger charge is 2.29. The molecule has 4 rings (SSSR count). The molecule has 0 fully saturated rings. The number of aromatic nitrogens is 3. The molecule has 0 amide bonds. The van der Waals surface area contributed by atoms with Gasteiger partial charge in [-0.05, 0) is 54.8 Å². The van der Waals surface area contributed by atoms with Gasteiger partial charge in [0, 0.05) is 48.2 Å². The number of halogens is 4. The van der Waals surface area contributed by atoms with E-state index in [0.29, 0.717) is 5.02 Å². The van der Waals surface area contributed by atoms with Gasteiger partial charge in [-0.25, -0.2) is 0 Å². The summed E-state index contributed by atoms with van der Waals surface area (Å²) in [6.45, 7) is 3.35. The molecule has 2 heterocycles. The molecule has 0 aliphatic rings. The van der Waals surface area contributed by atoms with Gasteiger partial charge < -0.3 is 4.79 Å². The predicted molar refractivity (Wildman–Crippen MR) is 141 cm³/mol. The molecule has 0 radical (unpaired) electrons. The van der Waals surface area contributed by atoms with E-state index in [0.717, 1.165) is 58.1 Å². The summed E-state index contributed by atoms with van der Waals surface area (Å²) in [4.78, 5) is 17.4. The van der Waals surface area contributed by atoms with E-state index < -0.39 is 11.7 Å². The van der Waals surface area contributed by atoms with E-state index in [2.05, 4.69) is 15.1 Å². The number of pyridine rings is 1. The first-order valence-corrected chi connectivity index (χ1v) is 11.7. The molecule has 0 saturated carbocycles. The largest absolute Gasteiger partial charge is 0.416 e. The summed E-state index contributed by atoms with van der Waals surface area (Å²) < 4.78 is 37.8. The van der Waals surface area contributed by atoms with Gasteiger partial charge in [-0.3, -0.25) is 14.7 Å². The first-order valence-electron chi connectivity index (χ1n) is 11.4. The molecular formula is C28H28ClF3N4O. The quantitative estimate of drug-likeness (QED) is 0.275. The van der Waals surface area contributed by atoms with Crippen molar-refractivity contribution in [2.75, 3.05) is 7.05 Å². The summed E-state index contributed by atoms with van der Waals surface area (Å²) in [5.74, 6) is 0. The third-order valence-electron chi connectivity index (χ3n) is 5.17. The lowest BCUT2D eigenvalue weighted by Crippen LogP contribution is -2.23. The molecule has 0 unspecified atom stereocenters. The van der Waals surface area contributed by atoms with Crippen molar-refractivity contribution in [3.63, 3.8) is 0 Å². The Labute approximate surface area is 219 Å². The van der Waals surface area contributed by atoms with Gasteiger partial charge in [0.25, 0.3) is 0 Å². The van der Waals surface area contributed by atoms with Gasteiger partial charge in [-0.2, -0.15) is 18.3 Å². The minimum Gasteiger partial charge on any atom is -0.304 e. The molecule has 0 atom stereocenters. The van der Waals surface area contributed by atoms with E-state index in [-0.39, 0.29) is 0 Å². The Morgan fingerprint density at radius 3 is 2.11 bits per heavy atom. The maximum Gasteiger partial charge on any atom is 0.416 e. The second kappa shape index (κ2) is 14.1. The number of rotatable bonds is 3. The highest BCUT2D eigenvalue weighted by molar-refractivity contribution is 6.30. The van der Waals surface area contributed by atoms with Crippen LogP contribution in [0.5, 0.6) is 0 Å². The van der Waals surface area contributed by atoms with Gasteiger partial charge in [0.05, 0.1) is 11.8 Å². The van der Waals surface area contributed by atoms with Crippen LogP contribution >= 0.6 is 11.6 Å². The Balaban J connectivity index is 0.000000271. The molecule has 0 aliphatic heterocycles. The fourth-order valence-corrected chi connectivity index (χ4v) is 3.50. The Hall–Kier alpha value is -3.78. The first-order chi connectivity index (χ1) is 17.7. The molecule has 5 nitrogen and oxygen atoms in total. The summed E-state index contributed by atoms with van der Waals surface area (Å²) in [6.07, 6.45) is 2.74. The van der Waals surface area contributed by atoms with E-state index in [4.69, 9.17) is 16.4 Å². The van der Waals surface area contributed by atoms with Crippen LogP contribution in [-0.2, 0) is 24.4 Å². The number of alkyl halides is 3. The highest BCUT2D eigenvalue weighted by atomic mass is 35.5. The minimum atomic E-state index is -4.22. The van der Waals surface area contributed by atoms with Crippen molar-refractivity contribution in [3.05, 3.63) is 101 Å². The van der Waals surface area contributed by atoms with Crippen molar-refractivity contribution in [2.24, 2.45) is 12.0 Å². The summed E-state index contributed by atoms with van der Waals surface area (Å²) in [7, 11) is 3.65. The van der Waals surface area contributed by atoms with Gasteiger partial charge in [0.2, 0.25) is 0 Å². The maximum atomic E-state index is 12.0. The highest BCUT2D eigenvalue weighted by Crippen LogP contribution is 2.30. The summed E-state index contributed by atoms with van der Waals surface area (Å²) >= 11 is 5.99. The predicted octanol–water partition coefficient (Wildman–Crippen LogP) is 6.81. The van der Waals surface area contributed by atoms with Crippen molar-refractivity contribution in [3.8, 4) is 22.3 Å². The molecule has 2 aromatic carbocycles. The summed E-state index contributed by atoms with van der Waals surface area (Å²) in [5.41, 5.74) is 5.20. The number of aryl methyl sites for hydroxylation is 2. The third-order valence-corrected chi connectivity index (χ3v) is 5.42. The normalized spacial score (nSPS) is 11.1. The lowest BCUT2D eigenvalue weighted by atomic mass is 9.98. The lowest BCUT2D eigenvalue weighted by Gasteiger charge is -2.12. The zero-order valence-electron chi connectivity index (χ0n) is 21.0. The molecule has 0 aliphatic carbocycles. The van der Waals surface area contributed by atoms with E-state index in [1.807, 2.05) is 62.8 Å². The maximum absolute atomic E-state index is 12.0. The molecule has 4 aromatic rings. The van der Waals surface area contributed by atoms with Crippen molar-refractivity contribution >= 4 is 17.9 Å². The average molecular weight is 529 g/mol. The Morgan fingerprint density at radius 1 is 1.00 bits per heavy atom. The summed E-state index contributed by atoms with van der Waals surface area (Å²) in [6, 6.07) is 16.9. The molecule has 9 heteroatoms. The Kier molecular flexibility index (Phi) is 11.2. The van der Waals surface area contributed by atoms with Crippen LogP contribution in [0.2, 0.25) is 5.02 Å². The average Bonchev–Trinajstić information content (AvgIpc) is 2.90. The van der Waals surface area contributed by atoms with Crippen LogP contribution in [0.4, 0.5) is 13.2 Å². The van der Waals surface area contributed by atoms with Gasteiger partial charge in [-0.15, -0.1) is 0 Å². The number of carbonyl (C=O) groups excluding carboxylic acids is 1. The minimum absolute atomic E-state index is 0.584. The van der Waals surface area contributed by atoms with Crippen LogP contribution < -0.4 is 5.49 Å². The standard InChI is InChI=1S/C17H15ClN4.C9H9F3.C2H4O/c1-19-17-16(13-4-3-9-20-10-13)15(11-21-22(17)2)12-5-7-14(18)8-6-12;1-2-7-3-5-8(6-4-7)9(10,11)12;1-2-3/h3-11H,1-2H3;3-6H,2H2,1H3;2H,1H3. The Bertz CT molecular complexity index is 1340. The molecular weight excluding hydrogens is 501 g/mol. The lowest BCUT2D eigenvalue weighted by molar-refractivity contribution is -0.137. The Morgan fingerprint density at radius 2 is 1.62 bits per heavy atom. The van der Waals surface area contributed by atoms with Crippen LogP contribution in [-0.4, -0.2) is 28.1 Å².